The number of aromatic nitrogens is 1. The number of amides is 1. The second kappa shape index (κ2) is 7.68. The summed E-state index contributed by atoms with van der Waals surface area (Å²) in [5.41, 5.74) is 3.56. The SMILES string of the molecule is CC(C)c1ccc2oc(-c3ccc(Cl)c(NC(=O)c4ccccc4F)c3)nc2c1. The van der Waals surface area contributed by atoms with Gasteiger partial charge in [-0.3, -0.25) is 4.79 Å². The number of nitrogens with zero attached hydrogens (tertiary/aromatic N) is 1. The number of anilines is 1. The van der Waals surface area contributed by atoms with Crippen LogP contribution < -0.4 is 5.32 Å². The smallest absolute Gasteiger partial charge is 0.258 e. The minimum atomic E-state index is -0.600. The lowest BCUT2D eigenvalue weighted by Gasteiger charge is -2.09. The Kier molecular flexibility index (Phi) is 5.07. The first-order valence-electron chi connectivity index (χ1n) is 9.18. The van der Waals surface area contributed by atoms with Crippen LogP contribution in [0.5, 0.6) is 0 Å². The normalized spacial score (nSPS) is 11.2. The molecule has 0 saturated carbocycles. The van der Waals surface area contributed by atoms with E-state index in [0.717, 1.165) is 5.52 Å². The molecule has 1 aromatic heterocycles. The third-order valence-corrected chi connectivity index (χ3v) is 4.99. The van der Waals surface area contributed by atoms with E-state index in [2.05, 4.69) is 24.1 Å². The molecule has 0 aliphatic heterocycles. The van der Waals surface area contributed by atoms with E-state index in [-0.39, 0.29) is 5.56 Å². The second-order valence-corrected chi connectivity index (χ2v) is 7.44. The summed E-state index contributed by atoms with van der Waals surface area (Å²) in [7, 11) is 0. The first-order chi connectivity index (χ1) is 13.9. The number of halogens is 2. The number of nitrogens with one attached hydrogen (secondary N) is 1. The summed E-state index contributed by atoms with van der Waals surface area (Å²) < 4.78 is 19.7. The Hall–Kier alpha value is -3.18. The van der Waals surface area contributed by atoms with Crippen LogP contribution in [0.3, 0.4) is 0 Å². The first kappa shape index (κ1) is 19.2. The van der Waals surface area contributed by atoms with Gasteiger partial charge < -0.3 is 9.73 Å². The Balaban J connectivity index is 1.67. The molecule has 0 radical (unpaired) electrons. The highest BCUT2D eigenvalue weighted by molar-refractivity contribution is 6.34. The van der Waals surface area contributed by atoms with Crippen molar-refractivity contribution in [2.24, 2.45) is 0 Å². The zero-order chi connectivity index (χ0) is 20.5. The lowest BCUT2D eigenvalue weighted by atomic mass is 10.0. The number of rotatable bonds is 4. The molecular weight excluding hydrogens is 391 g/mol. The summed E-state index contributed by atoms with van der Waals surface area (Å²) >= 11 is 6.23. The van der Waals surface area contributed by atoms with Crippen LogP contribution in [0.1, 0.15) is 35.7 Å². The molecule has 1 N–H and O–H groups in total. The summed E-state index contributed by atoms with van der Waals surface area (Å²) in [6.07, 6.45) is 0. The number of benzene rings is 3. The van der Waals surface area contributed by atoms with Crippen molar-refractivity contribution in [3.8, 4) is 11.5 Å². The predicted octanol–water partition coefficient (Wildman–Crippen LogP) is 6.66. The molecule has 0 bridgehead atoms. The molecule has 0 fully saturated rings. The number of hydrogen-bond acceptors (Lipinski definition) is 3. The lowest BCUT2D eigenvalue weighted by Crippen LogP contribution is -2.14. The van der Waals surface area contributed by atoms with Gasteiger partial charge in [-0.05, 0) is 53.9 Å². The molecule has 0 unspecified atom stereocenters. The van der Waals surface area contributed by atoms with Gasteiger partial charge in [0.05, 0.1) is 16.3 Å². The largest absolute Gasteiger partial charge is 0.436 e. The van der Waals surface area contributed by atoms with E-state index in [1.54, 1.807) is 24.3 Å². The van der Waals surface area contributed by atoms with E-state index >= 15 is 0 Å². The van der Waals surface area contributed by atoms with Gasteiger partial charge in [0.2, 0.25) is 5.89 Å². The van der Waals surface area contributed by atoms with Gasteiger partial charge in [-0.25, -0.2) is 9.37 Å². The third kappa shape index (κ3) is 3.87. The fourth-order valence-corrected chi connectivity index (χ4v) is 3.18. The topological polar surface area (TPSA) is 55.1 Å². The highest BCUT2D eigenvalue weighted by atomic mass is 35.5. The quantitative estimate of drug-likeness (QED) is 0.410. The molecule has 0 aliphatic rings. The molecule has 0 saturated heterocycles. The van der Waals surface area contributed by atoms with Crippen molar-refractivity contribution in [2.45, 2.75) is 19.8 Å². The highest BCUT2D eigenvalue weighted by Crippen LogP contribution is 2.31. The van der Waals surface area contributed by atoms with Gasteiger partial charge in [0.15, 0.2) is 5.58 Å². The van der Waals surface area contributed by atoms with Crippen LogP contribution in [0.25, 0.3) is 22.6 Å². The Bertz CT molecular complexity index is 1220. The zero-order valence-electron chi connectivity index (χ0n) is 15.9. The molecule has 0 spiro atoms. The van der Waals surface area contributed by atoms with E-state index in [1.807, 2.05) is 18.2 Å². The van der Waals surface area contributed by atoms with Crippen molar-refractivity contribution in [3.05, 3.63) is 82.6 Å². The van der Waals surface area contributed by atoms with Crippen LogP contribution in [-0.2, 0) is 0 Å². The van der Waals surface area contributed by atoms with Crippen LogP contribution in [-0.4, -0.2) is 10.9 Å². The average molecular weight is 409 g/mol. The Labute approximate surface area is 172 Å². The molecule has 6 heteroatoms. The minimum absolute atomic E-state index is 0.0583. The monoisotopic (exact) mass is 408 g/mol. The van der Waals surface area contributed by atoms with Crippen molar-refractivity contribution in [3.63, 3.8) is 0 Å². The number of carbonyl (C=O) groups excluding carboxylic acids is 1. The number of hydrogen-bond donors (Lipinski definition) is 1. The van der Waals surface area contributed by atoms with Gasteiger partial charge in [-0.1, -0.05) is 43.6 Å². The van der Waals surface area contributed by atoms with Crippen LogP contribution in [0.4, 0.5) is 10.1 Å². The maximum absolute atomic E-state index is 13.9. The van der Waals surface area contributed by atoms with Crippen molar-refractivity contribution in [1.82, 2.24) is 4.98 Å². The summed E-state index contributed by atoms with van der Waals surface area (Å²) in [5.74, 6) is -0.382. The van der Waals surface area contributed by atoms with Crippen LogP contribution in [0, 0.1) is 5.82 Å². The maximum atomic E-state index is 13.9. The Morgan fingerprint density at radius 2 is 1.90 bits per heavy atom. The average Bonchev–Trinajstić information content (AvgIpc) is 3.13. The van der Waals surface area contributed by atoms with Gasteiger partial charge >= 0.3 is 0 Å². The van der Waals surface area contributed by atoms with E-state index in [9.17, 15) is 9.18 Å². The predicted molar refractivity (Wildman–Crippen MR) is 113 cm³/mol. The molecule has 0 aliphatic carbocycles. The Morgan fingerprint density at radius 3 is 2.66 bits per heavy atom. The number of fused-ring (bicyclic) bond motifs is 1. The molecule has 4 aromatic rings. The van der Waals surface area contributed by atoms with Gasteiger partial charge in [-0.2, -0.15) is 0 Å². The van der Waals surface area contributed by atoms with Crippen molar-refractivity contribution < 1.29 is 13.6 Å². The highest BCUT2D eigenvalue weighted by Gasteiger charge is 2.15. The van der Waals surface area contributed by atoms with Crippen molar-refractivity contribution >= 4 is 34.3 Å². The van der Waals surface area contributed by atoms with E-state index in [1.165, 1.54) is 23.8 Å². The van der Waals surface area contributed by atoms with Gasteiger partial charge in [0.25, 0.3) is 5.91 Å². The minimum Gasteiger partial charge on any atom is -0.436 e. The Morgan fingerprint density at radius 1 is 1.10 bits per heavy atom. The molecule has 0 atom stereocenters. The van der Waals surface area contributed by atoms with Gasteiger partial charge in [0.1, 0.15) is 11.3 Å². The molecule has 29 heavy (non-hydrogen) atoms. The van der Waals surface area contributed by atoms with Crippen LogP contribution in [0.15, 0.2) is 65.1 Å². The molecule has 146 valence electrons. The molecule has 1 heterocycles. The summed E-state index contributed by atoms with van der Waals surface area (Å²) in [5, 5.41) is 2.99. The lowest BCUT2D eigenvalue weighted by molar-refractivity contribution is 0.102. The van der Waals surface area contributed by atoms with Crippen molar-refractivity contribution in [1.29, 1.82) is 0 Å². The van der Waals surface area contributed by atoms with E-state index in [4.69, 9.17) is 16.0 Å². The standard InChI is InChI=1S/C23H18ClFN2O2/c1-13(2)14-8-10-21-20(11-14)27-23(29-21)15-7-9-17(24)19(12-15)26-22(28)16-5-3-4-6-18(16)25/h3-13H,1-2H3,(H,26,28). The van der Waals surface area contributed by atoms with E-state index in [0.29, 0.717) is 33.7 Å². The summed E-state index contributed by atoms with van der Waals surface area (Å²) in [4.78, 5) is 17.0. The van der Waals surface area contributed by atoms with E-state index < -0.39 is 11.7 Å². The third-order valence-electron chi connectivity index (χ3n) is 4.66. The summed E-state index contributed by atoms with van der Waals surface area (Å²) in [6.45, 7) is 4.23. The van der Waals surface area contributed by atoms with Gasteiger partial charge in [-0.15, -0.1) is 0 Å². The summed E-state index contributed by atoms with van der Waals surface area (Å²) in [6, 6.07) is 16.8. The fourth-order valence-electron chi connectivity index (χ4n) is 3.02. The number of carbonyl (C=O) groups is 1. The second-order valence-electron chi connectivity index (χ2n) is 7.03. The van der Waals surface area contributed by atoms with Crippen molar-refractivity contribution in [2.75, 3.05) is 5.32 Å². The molecular formula is C23H18ClFN2O2. The zero-order valence-corrected chi connectivity index (χ0v) is 16.6. The fraction of sp³-hybridized carbons (Fsp3) is 0.130. The number of oxazole rings is 1. The first-order valence-corrected chi connectivity index (χ1v) is 9.56. The molecule has 1 amide bonds. The molecule has 4 nitrogen and oxygen atoms in total. The van der Waals surface area contributed by atoms with Crippen LogP contribution in [0.2, 0.25) is 5.02 Å². The molecule has 3 aromatic carbocycles. The maximum Gasteiger partial charge on any atom is 0.258 e. The van der Waals surface area contributed by atoms with Gasteiger partial charge in [0, 0.05) is 5.56 Å². The molecule has 4 rings (SSSR count). The van der Waals surface area contributed by atoms with Crippen LogP contribution >= 0.6 is 11.6 Å².